The van der Waals surface area contributed by atoms with Gasteiger partial charge in [0.1, 0.15) is 18.0 Å². The Bertz CT molecular complexity index is 665. The molecular formula is C18H24N4O2. The van der Waals surface area contributed by atoms with Crippen LogP contribution in [-0.4, -0.2) is 41.4 Å². The van der Waals surface area contributed by atoms with Crippen molar-refractivity contribution in [2.45, 2.75) is 32.0 Å². The summed E-state index contributed by atoms with van der Waals surface area (Å²) < 4.78 is 5.25. The van der Waals surface area contributed by atoms with E-state index in [2.05, 4.69) is 32.3 Å². The fourth-order valence-electron chi connectivity index (χ4n) is 3.14. The van der Waals surface area contributed by atoms with Crippen molar-refractivity contribution in [1.82, 2.24) is 9.97 Å². The topological polar surface area (TPSA) is 70.5 Å². The number of methoxy groups -OCH3 is 1. The Labute approximate surface area is 142 Å². The Kier molecular flexibility index (Phi) is 5.61. The van der Waals surface area contributed by atoms with Gasteiger partial charge in [0.2, 0.25) is 0 Å². The maximum atomic E-state index is 9.49. The van der Waals surface area contributed by atoms with E-state index in [-0.39, 0.29) is 12.6 Å². The number of benzene rings is 1. The highest BCUT2D eigenvalue weighted by Crippen LogP contribution is 2.24. The van der Waals surface area contributed by atoms with E-state index < -0.39 is 0 Å². The van der Waals surface area contributed by atoms with Gasteiger partial charge < -0.3 is 20.1 Å². The lowest BCUT2D eigenvalue weighted by atomic mass is 10.1. The summed E-state index contributed by atoms with van der Waals surface area (Å²) in [6, 6.07) is 10.3. The molecule has 3 rings (SSSR count). The van der Waals surface area contributed by atoms with Gasteiger partial charge in [-0.05, 0) is 24.0 Å². The van der Waals surface area contributed by atoms with Gasteiger partial charge in [0.15, 0.2) is 0 Å². The Morgan fingerprint density at radius 2 is 2.12 bits per heavy atom. The highest BCUT2D eigenvalue weighted by Gasteiger charge is 2.25. The van der Waals surface area contributed by atoms with Crippen molar-refractivity contribution in [3.63, 3.8) is 0 Å². The summed E-state index contributed by atoms with van der Waals surface area (Å²) >= 11 is 0. The SMILES string of the molecule is COCc1ccccc1CNc1cc(N2CCCC2CO)ncn1. The molecule has 1 saturated heterocycles. The number of aliphatic hydroxyl groups excluding tert-OH is 1. The van der Waals surface area contributed by atoms with E-state index in [9.17, 15) is 5.11 Å². The second-order valence-corrected chi connectivity index (χ2v) is 5.99. The molecule has 1 fully saturated rings. The molecule has 6 nitrogen and oxygen atoms in total. The van der Waals surface area contributed by atoms with E-state index in [1.165, 1.54) is 11.1 Å². The molecule has 1 aromatic carbocycles. The second kappa shape index (κ2) is 8.08. The van der Waals surface area contributed by atoms with Crippen LogP contribution in [-0.2, 0) is 17.9 Å². The van der Waals surface area contributed by atoms with E-state index in [0.717, 1.165) is 31.0 Å². The first kappa shape index (κ1) is 16.7. The highest BCUT2D eigenvalue weighted by atomic mass is 16.5. The van der Waals surface area contributed by atoms with Crippen molar-refractivity contribution in [2.75, 3.05) is 30.5 Å². The molecule has 0 spiro atoms. The minimum atomic E-state index is 0.162. The van der Waals surface area contributed by atoms with Crippen LogP contribution in [0.2, 0.25) is 0 Å². The molecule has 1 atom stereocenters. The molecule has 0 radical (unpaired) electrons. The minimum absolute atomic E-state index is 0.162. The molecule has 2 N–H and O–H groups in total. The third kappa shape index (κ3) is 3.83. The number of ether oxygens (including phenoxy) is 1. The van der Waals surface area contributed by atoms with Crippen molar-refractivity contribution >= 4 is 11.6 Å². The molecule has 1 unspecified atom stereocenters. The summed E-state index contributed by atoms with van der Waals surface area (Å²) in [4.78, 5) is 10.8. The van der Waals surface area contributed by atoms with Gasteiger partial charge in [0.25, 0.3) is 0 Å². The van der Waals surface area contributed by atoms with Crippen molar-refractivity contribution < 1.29 is 9.84 Å². The number of rotatable bonds is 7. The van der Waals surface area contributed by atoms with Gasteiger partial charge in [0, 0.05) is 26.3 Å². The maximum Gasteiger partial charge on any atom is 0.134 e. The number of aliphatic hydroxyl groups is 1. The summed E-state index contributed by atoms with van der Waals surface area (Å²) in [6.07, 6.45) is 3.67. The lowest BCUT2D eigenvalue weighted by Crippen LogP contribution is -2.32. The zero-order valence-corrected chi connectivity index (χ0v) is 14.0. The normalized spacial score (nSPS) is 17.2. The average molecular weight is 328 g/mol. The van der Waals surface area contributed by atoms with Crippen LogP contribution >= 0.6 is 0 Å². The summed E-state index contributed by atoms with van der Waals surface area (Å²) in [7, 11) is 1.70. The lowest BCUT2D eigenvalue weighted by Gasteiger charge is -2.24. The largest absolute Gasteiger partial charge is 0.394 e. The maximum absolute atomic E-state index is 9.49. The van der Waals surface area contributed by atoms with Crippen LogP contribution in [0.15, 0.2) is 36.7 Å². The molecule has 24 heavy (non-hydrogen) atoms. The number of hydrogen-bond acceptors (Lipinski definition) is 6. The van der Waals surface area contributed by atoms with Crippen LogP contribution in [0.5, 0.6) is 0 Å². The van der Waals surface area contributed by atoms with Crippen molar-refractivity contribution in [1.29, 1.82) is 0 Å². The first-order valence-electron chi connectivity index (χ1n) is 8.31. The molecule has 6 heteroatoms. The van der Waals surface area contributed by atoms with E-state index in [4.69, 9.17) is 4.74 Å². The van der Waals surface area contributed by atoms with Crippen LogP contribution in [0.1, 0.15) is 24.0 Å². The van der Waals surface area contributed by atoms with Gasteiger partial charge in [-0.2, -0.15) is 0 Å². The van der Waals surface area contributed by atoms with E-state index >= 15 is 0 Å². The molecule has 0 saturated carbocycles. The zero-order chi connectivity index (χ0) is 16.8. The molecule has 0 bridgehead atoms. The number of nitrogens with zero attached hydrogens (tertiary/aromatic N) is 3. The Hall–Kier alpha value is -2.18. The summed E-state index contributed by atoms with van der Waals surface area (Å²) in [6.45, 7) is 2.37. The molecule has 0 aliphatic carbocycles. The van der Waals surface area contributed by atoms with E-state index in [1.807, 2.05) is 18.2 Å². The van der Waals surface area contributed by atoms with Crippen LogP contribution in [0.3, 0.4) is 0 Å². The standard InChI is InChI=1S/C18H24N4O2/c1-24-12-15-6-3-2-5-14(15)10-19-17-9-18(21-13-20-17)22-8-4-7-16(22)11-23/h2-3,5-6,9,13,16,23H,4,7-8,10-12H2,1H3,(H,19,20,21). The fraction of sp³-hybridized carbons (Fsp3) is 0.444. The third-order valence-electron chi connectivity index (χ3n) is 4.41. The molecule has 2 heterocycles. The number of anilines is 2. The monoisotopic (exact) mass is 328 g/mol. The molecule has 0 amide bonds. The van der Waals surface area contributed by atoms with Crippen molar-refractivity contribution in [3.05, 3.63) is 47.8 Å². The van der Waals surface area contributed by atoms with Crippen LogP contribution < -0.4 is 10.2 Å². The predicted molar refractivity (Wildman–Crippen MR) is 94.0 cm³/mol. The van der Waals surface area contributed by atoms with E-state index in [0.29, 0.717) is 13.2 Å². The molecule has 1 aliphatic rings. The molecular weight excluding hydrogens is 304 g/mol. The Morgan fingerprint density at radius 1 is 1.29 bits per heavy atom. The molecule has 2 aromatic rings. The van der Waals surface area contributed by atoms with E-state index in [1.54, 1.807) is 13.4 Å². The van der Waals surface area contributed by atoms with Gasteiger partial charge in [-0.25, -0.2) is 9.97 Å². The first-order chi connectivity index (χ1) is 11.8. The van der Waals surface area contributed by atoms with Crippen molar-refractivity contribution in [3.8, 4) is 0 Å². The molecule has 1 aliphatic heterocycles. The lowest BCUT2D eigenvalue weighted by molar-refractivity contribution is 0.184. The van der Waals surface area contributed by atoms with Crippen molar-refractivity contribution in [2.24, 2.45) is 0 Å². The summed E-state index contributed by atoms with van der Waals surface area (Å²) in [5.74, 6) is 1.66. The zero-order valence-electron chi connectivity index (χ0n) is 14.0. The third-order valence-corrected chi connectivity index (χ3v) is 4.41. The Balaban J connectivity index is 1.69. The van der Waals surface area contributed by atoms with Crippen LogP contribution in [0.25, 0.3) is 0 Å². The Morgan fingerprint density at radius 3 is 2.92 bits per heavy atom. The second-order valence-electron chi connectivity index (χ2n) is 5.99. The van der Waals surface area contributed by atoms with Gasteiger partial charge in [-0.3, -0.25) is 0 Å². The van der Waals surface area contributed by atoms with Crippen LogP contribution in [0, 0.1) is 0 Å². The predicted octanol–water partition coefficient (Wildman–Crippen LogP) is 2.20. The number of hydrogen-bond donors (Lipinski definition) is 2. The van der Waals surface area contributed by atoms with Gasteiger partial charge in [-0.1, -0.05) is 24.3 Å². The summed E-state index contributed by atoms with van der Waals surface area (Å²) in [5, 5.41) is 12.8. The minimum Gasteiger partial charge on any atom is -0.394 e. The van der Waals surface area contributed by atoms with Crippen LogP contribution in [0.4, 0.5) is 11.6 Å². The van der Waals surface area contributed by atoms with Gasteiger partial charge >= 0.3 is 0 Å². The fourth-order valence-corrected chi connectivity index (χ4v) is 3.14. The first-order valence-corrected chi connectivity index (χ1v) is 8.31. The van der Waals surface area contributed by atoms with Gasteiger partial charge in [-0.15, -0.1) is 0 Å². The summed E-state index contributed by atoms with van der Waals surface area (Å²) in [5.41, 5.74) is 2.36. The van der Waals surface area contributed by atoms with Gasteiger partial charge in [0.05, 0.1) is 19.3 Å². The average Bonchev–Trinajstić information content (AvgIpc) is 3.10. The number of aromatic nitrogens is 2. The quantitative estimate of drug-likeness (QED) is 0.812. The molecule has 128 valence electrons. The smallest absolute Gasteiger partial charge is 0.134 e. The molecule has 1 aromatic heterocycles. The highest BCUT2D eigenvalue weighted by molar-refractivity contribution is 5.50. The number of nitrogens with one attached hydrogen (secondary N) is 1.